The second kappa shape index (κ2) is 8.74. The highest BCUT2D eigenvalue weighted by molar-refractivity contribution is 7.12. The molecule has 3 rings (SSSR count). The zero-order valence-electron chi connectivity index (χ0n) is 16.0. The van der Waals surface area contributed by atoms with Crippen molar-refractivity contribution in [3.63, 3.8) is 0 Å². The van der Waals surface area contributed by atoms with Gasteiger partial charge in [-0.1, -0.05) is 6.07 Å². The third-order valence-corrected chi connectivity index (χ3v) is 5.01. The number of aromatic nitrogens is 1. The zero-order chi connectivity index (χ0) is 21.0. The lowest BCUT2D eigenvalue weighted by Gasteiger charge is -2.06. The largest absolute Gasteiger partial charge is 0.479 e. The lowest BCUT2D eigenvalue weighted by atomic mass is 10.0. The number of hydrazone groups is 1. The van der Waals surface area contributed by atoms with Gasteiger partial charge in [0.25, 0.3) is 5.91 Å². The van der Waals surface area contributed by atoms with Gasteiger partial charge in [-0.2, -0.15) is 5.10 Å². The quantitative estimate of drug-likeness (QED) is 0.525. The van der Waals surface area contributed by atoms with E-state index in [4.69, 9.17) is 14.2 Å². The maximum Gasteiger partial charge on any atom is 0.340 e. The molecule has 0 unspecified atom stereocenters. The molecule has 0 saturated carbocycles. The molecule has 10 heteroatoms. The lowest BCUT2D eigenvalue weighted by Crippen LogP contribution is -2.14. The van der Waals surface area contributed by atoms with Crippen molar-refractivity contribution in [1.82, 2.24) is 10.4 Å². The average Bonchev–Trinajstić information content (AvgIpc) is 3.43. The van der Waals surface area contributed by atoms with Crippen molar-refractivity contribution in [2.75, 3.05) is 20.8 Å². The lowest BCUT2D eigenvalue weighted by molar-refractivity contribution is -0.139. The van der Waals surface area contributed by atoms with Crippen LogP contribution < -0.4 is 10.2 Å². The normalized spacial score (nSPS) is 14.5. The number of thiophene rings is 1. The van der Waals surface area contributed by atoms with Gasteiger partial charge in [-0.15, -0.1) is 11.3 Å². The number of hydrogen-bond donors (Lipinski definition) is 2. The zero-order valence-corrected chi connectivity index (χ0v) is 16.8. The van der Waals surface area contributed by atoms with Crippen LogP contribution in [0.2, 0.25) is 0 Å². The van der Waals surface area contributed by atoms with Crippen molar-refractivity contribution in [2.45, 2.75) is 13.3 Å². The summed E-state index contributed by atoms with van der Waals surface area (Å²) >= 11 is 1.43. The molecule has 29 heavy (non-hydrogen) atoms. The fourth-order valence-corrected chi connectivity index (χ4v) is 3.57. The van der Waals surface area contributed by atoms with Gasteiger partial charge in [-0.3, -0.25) is 9.59 Å². The van der Waals surface area contributed by atoms with Crippen LogP contribution in [0.4, 0.5) is 0 Å². The van der Waals surface area contributed by atoms with E-state index in [1.165, 1.54) is 31.6 Å². The van der Waals surface area contributed by atoms with Crippen LogP contribution in [0, 0.1) is 0 Å². The Morgan fingerprint density at radius 3 is 2.69 bits per heavy atom. The Labute approximate surface area is 170 Å². The van der Waals surface area contributed by atoms with E-state index < -0.39 is 17.8 Å². The van der Waals surface area contributed by atoms with Crippen LogP contribution in [0.15, 0.2) is 28.2 Å². The number of esters is 2. The van der Waals surface area contributed by atoms with Gasteiger partial charge in [0.15, 0.2) is 5.88 Å². The molecule has 152 valence electrons. The minimum atomic E-state index is -0.675. The molecule has 1 aliphatic heterocycles. The van der Waals surface area contributed by atoms with E-state index in [2.05, 4.69) is 15.5 Å². The van der Waals surface area contributed by atoms with Gasteiger partial charge >= 0.3 is 11.9 Å². The number of carbonyl (C=O) groups excluding carboxylic acids is 3. The number of aromatic amines is 1. The van der Waals surface area contributed by atoms with Gasteiger partial charge in [0.1, 0.15) is 5.71 Å². The van der Waals surface area contributed by atoms with E-state index in [1.807, 2.05) is 17.5 Å². The van der Waals surface area contributed by atoms with Crippen molar-refractivity contribution in [3.8, 4) is 5.88 Å². The number of nitrogens with one attached hydrogen (secondary N) is 2. The number of carbonyl (C=O) groups is 3. The summed E-state index contributed by atoms with van der Waals surface area (Å²) in [5.41, 5.74) is 3.83. The van der Waals surface area contributed by atoms with Gasteiger partial charge in [-0.25, -0.2) is 10.2 Å². The highest BCUT2D eigenvalue weighted by atomic mass is 32.1. The van der Waals surface area contributed by atoms with Crippen LogP contribution >= 0.6 is 11.3 Å². The molecular weight excluding hydrogens is 398 g/mol. The number of methoxy groups -OCH3 is 2. The number of amides is 1. The number of nitrogens with zero attached hydrogens (tertiary/aromatic N) is 1. The Hall–Kier alpha value is -3.40. The molecule has 2 aromatic rings. The third-order valence-electron chi connectivity index (χ3n) is 4.13. The summed E-state index contributed by atoms with van der Waals surface area (Å²) in [7, 11) is 2.48. The summed E-state index contributed by atoms with van der Waals surface area (Å²) in [6, 6.07) is 3.68. The Morgan fingerprint density at radius 2 is 2.07 bits per heavy atom. The topological polar surface area (TPSA) is 119 Å². The van der Waals surface area contributed by atoms with Gasteiger partial charge in [0.05, 0.1) is 49.0 Å². The summed E-state index contributed by atoms with van der Waals surface area (Å²) in [4.78, 5) is 40.5. The first-order chi connectivity index (χ1) is 14.0. The van der Waals surface area contributed by atoms with Crippen molar-refractivity contribution in [2.24, 2.45) is 5.10 Å². The molecule has 0 atom stereocenters. The monoisotopic (exact) mass is 417 g/mol. The molecule has 9 nitrogen and oxygen atoms in total. The summed E-state index contributed by atoms with van der Waals surface area (Å²) in [6.45, 7) is 2.07. The first-order valence-electron chi connectivity index (χ1n) is 8.66. The summed E-state index contributed by atoms with van der Waals surface area (Å²) in [5, 5.41) is 5.95. The predicted octanol–water partition coefficient (Wildman–Crippen LogP) is 1.89. The molecule has 1 aliphatic rings. The SMILES string of the molecule is CCOc1[nH]c(/C=C2/C(=O)NN=C2c2cccs2)c(C(=O)OC)c1CC(=O)OC. The Bertz CT molecular complexity index is 1000. The first kappa shape index (κ1) is 20.3. The van der Waals surface area contributed by atoms with Crippen molar-refractivity contribution >= 4 is 41.0 Å². The Morgan fingerprint density at radius 1 is 1.28 bits per heavy atom. The molecule has 0 aromatic carbocycles. The molecule has 2 aromatic heterocycles. The highest BCUT2D eigenvalue weighted by Crippen LogP contribution is 2.30. The van der Waals surface area contributed by atoms with Gasteiger partial charge in [0.2, 0.25) is 0 Å². The first-order valence-corrected chi connectivity index (χ1v) is 9.54. The minimum Gasteiger partial charge on any atom is -0.479 e. The van der Waals surface area contributed by atoms with E-state index in [9.17, 15) is 14.4 Å². The molecule has 0 fully saturated rings. The second-order valence-electron chi connectivity index (χ2n) is 5.84. The number of ether oxygens (including phenoxy) is 3. The maximum atomic E-state index is 12.5. The Balaban J connectivity index is 2.15. The van der Waals surface area contributed by atoms with E-state index in [0.717, 1.165) is 4.88 Å². The third kappa shape index (κ3) is 4.06. The molecule has 3 heterocycles. The predicted molar refractivity (Wildman–Crippen MR) is 106 cm³/mol. The van der Waals surface area contributed by atoms with Crippen molar-refractivity contribution in [3.05, 3.63) is 44.8 Å². The average molecular weight is 417 g/mol. The minimum absolute atomic E-state index is 0.0964. The smallest absolute Gasteiger partial charge is 0.340 e. The summed E-state index contributed by atoms with van der Waals surface area (Å²) < 4.78 is 15.2. The van der Waals surface area contributed by atoms with Crippen LogP contribution in [0.1, 0.15) is 33.4 Å². The van der Waals surface area contributed by atoms with Crippen molar-refractivity contribution < 1.29 is 28.6 Å². The molecule has 2 N–H and O–H groups in total. The fraction of sp³-hybridized carbons (Fsp3) is 0.263. The van der Waals surface area contributed by atoms with Crippen LogP contribution in [0.5, 0.6) is 5.88 Å². The molecule has 0 saturated heterocycles. The van der Waals surface area contributed by atoms with E-state index >= 15 is 0 Å². The molecule has 0 aliphatic carbocycles. The van der Waals surface area contributed by atoms with Crippen LogP contribution in [0.3, 0.4) is 0 Å². The fourth-order valence-electron chi connectivity index (χ4n) is 2.85. The van der Waals surface area contributed by atoms with E-state index in [0.29, 0.717) is 17.9 Å². The molecule has 0 spiro atoms. The number of hydrogen-bond acceptors (Lipinski definition) is 8. The van der Waals surface area contributed by atoms with Crippen LogP contribution in [0.25, 0.3) is 6.08 Å². The summed E-state index contributed by atoms with van der Waals surface area (Å²) in [5.74, 6) is -1.40. The molecule has 0 bridgehead atoms. The van der Waals surface area contributed by atoms with Crippen LogP contribution in [-0.4, -0.2) is 49.4 Å². The second-order valence-corrected chi connectivity index (χ2v) is 6.78. The Kier molecular flexibility index (Phi) is 6.13. The van der Waals surface area contributed by atoms with E-state index in [-0.39, 0.29) is 29.1 Å². The summed E-state index contributed by atoms with van der Waals surface area (Å²) in [6.07, 6.45) is 1.30. The maximum absolute atomic E-state index is 12.5. The van der Waals surface area contributed by atoms with Gasteiger partial charge < -0.3 is 19.2 Å². The molecule has 0 radical (unpaired) electrons. The standard InChI is InChI=1S/C19H19N3O6S/c1-4-28-18-10(9-14(23)26-2)15(19(25)27-3)12(20-18)8-11-16(21-22-17(11)24)13-6-5-7-29-13/h5-8,20H,4,9H2,1-3H3,(H,22,24)/b11-8+. The van der Waals surface area contributed by atoms with E-state index in [1.54, 1.807) is 6.92 Å². The van der Waals surface area contributed by atoms with Crippen molar-refractivity contribution in [1.29, 1.82) is 0 Å². The highest BCUT2D eigenvalue weighted by Gasteiger charge is 2.29. The van der Waals surface area contributed by atoms with Gasteiger partial charge in [0, 0.05) is 5.56 Å². The van der Waals surface area contributed by atoms with Gasteiger partial charge in [-0.05, 0) is 24.4 Å². The molecule has 1 amide bonds. The number of H-pyrrole nitrogens is 1. The molecular formula is C19H19N3O6S. The number of rotatable bonds is 7. The van der Waals surface area contributed by atoms with Crippen LogP contribution in [-0.2, 0) is 25.5 Å².